The number of aryl methyl sites for hydroxylation is 1. The van der Waals surface area contributed by atoms with Gasteiger partial charge in [0.2, 0.25) is 0 Å². The fourth-order valence-corrected chi connectivity index (χ4v) is 4.90. The number of aliphatic hydroxyl groups excluding tert-OH is 1. The summed E-state index contributed by atoms with van der Waals surface area (Å²) in [7, 11) is 0. The van der Waals surface area contributed by atoms with Crippen molar-refractivity contribution in [3.05, 3.63) is 75.2 Å². The number of aromatic amines is 2. The molecule has 3 heterocycles. The first-order chi connectivity index (χ1) is 18.4. The molecular weight excluding hydrogens is 506 g/mol. The molecule has 2 aromatic heterocycles. The third kappa shape index (κ3) is 5.86. The van der Waals surface area contributed by atoms with Gasteiger partial charge in [-0.2, -0.15) is 0 Å². The first-order valence-corrected chi connectivity index (χ1v) is 13.1. The Bertz CT molecular complexity index is 1460. The third-order valence-corrected chi connectivity index (χ3v) is 7.06. The van der Waals surface area contributed by atoms with Crippen molar-refractivity contribution in [2.24, 2.45) is 0 Å². The smallest absolute Gasteiger partial charge is 0.261 e. The molecular formula is C28H32ClN5O4. The Morgan fingerprint density at radius 3 is 2.84 bits per heavy atom. The molecule has 1 aliphatic heterocycles. The number of aliphatic hydroxyl groups is 1. The van der Waals surface area contributed by atoms with E-state index < -0.39 is 6.10 Å². The number of fused-ring (bicyclic) bond motifs is 1. The lowest BCUT2D eigenvalue weighted by Gasteiger charge is -2.32. The van der Waals surface area contributed by atoms with Crippen LogP contribution in [0.4, 0.5) is 5.69 Å². The number of imidazole rings is 1. The number of pyridine rings is 1. The molecule has 0 amide bonds. The summed E-state index contributed by atoms with van der Waals surface area (Å²) in [6, 6.07) is 13.0. The Morgan fingerprint density at radius 2 is 2.05 bits per heavy atom. The minimum Gasteiger partial charge on any atom is -0.492 e. The van der Waals surface area contributed by atoms with Gasteiger partial charge in [0.15, 0.2) is 0 Å². The number of nitrogens with zero attached hydrogens (tertiary/aromatic N) is 2. The van der Waals surface area contributed by atoms with Crippen molar-refractivity contribution in [1.29, 1.82) is 0 Å². The van der Waals surface area contributed by atoms with E-state index in [2.05, 4.69) is 27.1 Å². The molecule has 200 valence electrons. The second-order valence-electron chi connectivity index (χ2n) is 9.58. The predicted molar refractivity (Wildman–Crippen MR) is 149 cm³/mol. The number of nitrogens with one attached hydrogen (secondary N) is 3. The van der Waals surface area contributed by atoms with Gasteiger partial charge in [-0.25, -0.2) is 4.98 Å². The van der Waals surface area contributed by atoms with E-state index in [1.807, 2.05) is 19.1 Å². The Balaban J connectivity index is 1.35. The molecule has 0 aliphatic carbocycles. The van der Waals surface area contributed by atoms with Gasteiger partial charge in [-0.3, -0.25) is 9.69 Å². The molecule has 2 aromatic carbocycles. The van der Waals surface area contributed by atoms with E-state index in [1.165, 1.54) is 0 Å². The van der Waals surface area contributed by atoms with Crippen LogP contribution in [-0.2, 0) is 4.74 Å². The molecule has 0 spiro atoms. The fraction of sp³-hybridized carbons (Fsp3) is 0.357. The maximum Gasteiger partial charge on any atom is 0.261 e. The molecule has 5 rings (SSSR count). The van der Waals surface area contributed by atoms with Gasteiger partial charge in [0.05, 0.1) is 36.0 Å². The summed E-state index contributed by atoms with van der Waals surface area (Å²) >= 11 is 6.06. The van der Waals surface area contributed by atoms with Crippen molar-refractivity contribution < 1.29 is 14.6 Å². The minimum atomic E-state index is -0.807. The lowest BCUT2D eigenvalue weighted by Crippen LogP contribution is -2.44. The predicted octanol–water partition coefficient (Wildman–Crippen LogP) is 4.13. The number of aromatic nitrogens is 3. The van der Waals surface area contributed by atoms with E-state index in [-0.39, 0.29) is 18.1 Å². The van der Waals surface area contributed by atoms with E-state index in [0.29, 0.717) is 34.3 Å². The maximum absolute atomic E-state index is 12.9. The molecule has 1 aliphatic rings. The third-order valence-electron chi connectivity index (χ3n) is 6.83. The molecule has 0 radical (unpaired) electrons. The first kappa shape index (κ1) is 26.2. The van der Waals surface area contributed by atoms with Crippen molar-refractivity contribution in [2.75, 3.05) is 44.8 Å². The summed E-state index contributed by atoms with van der Waals surface area (Å²) in [6.45, 7) is 8.20. The van der Waals surface area contributed by atoms with Gasteiger partial charge in [0.25, 0.3) is 5.56 Å². The SMILES string of the molecule is Cc1cc(OCC(C)N2CCOCC2)cc2[nH]c(-c3c(NCC(O)c4cccc(Cl)c4)cc[nH]c3=O)nc12. The molecule has 0 saturated carbocycles. The lowest BCUT2D eigenvalue weighted by atomic mass is 10.1. The monoisotopic (exact) mass is 537 g/mol. The second-order valence-corrected chi connectivity index (χ2v) is 10.0. The van der Waals surface area contributed by atoms with Crippen molar-refractivity contribution in [3.63, 3.8) is 0 Å². The molecule has 0 bridgehead atoms. The van der Waals surface area contributed by atoms with E-state index >= 15 is 0 Å². The minimum absolute atomic E-state index is 0.190. The zero-order valence-electron chi connectivity index (χ0n) is 21.5. The molecule has 2 atom stereocenters. The highest BCUT2D eigenvalue weighted by atomic mass is 35.5. The summed E-state index contributed by atoms with van der Waals surface area (Å²) in [5.41, 5.74) is 3.80. The van der Waals surface area contributed by atoms with Gasteiger partial charge in [-0.05, 0) is 49.2 Å². The molecule has 4 aromatic rings. The largest absolute Gasteiger partial charge is 0.492 e. The number of benzene rings is 2. The number of anilines is 1. The summed E-state index contributed by atoms with van der Waals surface area (Å²) in [4.78, 5) is 26.0. The molecule has 38 heavy (non-hydrogen) atoms. The lowest BCUT2D eigenvalue weighted by molar-refractivity contribution is 0.0105. The first-order valence-electron chi connectivity index (χ1n) is 12.7. The van der Waals surface area contributed by atoms with Crippen LogP contribution in [0.2, 0.25) is 5.02 Å². The number of morpholine rings is 1. The Morgan fingerprint density at radius 1 is 1.24 bits per heavy atom. The van der Waals surface area contributed by atoms with Crippen molar-refractivity contribution in [1.82, 2.24) is 19.9 Å². The van der Waals surface area contributed by atoms with Crippen LogP contribution in [0.3, 0.4) is 0 Å². The molecule has 10 heteroatoms. The van der Waals surface area contributed by atoms with Crippen LogP contribution in [0, 0.1) is 6.92 Å². The van der Waals surface area contributed by atoms with Crippen LogP contribution in [-0.4, -0.2) is 70.5 Å². The molecule has 1 fully saturated rings. The number of hydrogen-bond donors (Lipinski definition) is 4. The van der Waals surface area contributed by atoms with Gasteiger partial charge in [0.1, 0.15) is 23.7 Å². The highest BCUT2D eigenvalue weighted by Gasteiger charge is 2.19. The quantitative estimate of drug-likeness (QED) is 0.254. The van der Waals surface area contributed by atoms with E-state index in [4.69, 9.17) is 26.1 Å². The standard InChI is InChI=1S/C28H32ClN5O4/c1-17-12-21(38-16-18(2)34-8-10-37-11-9-34)14-23-26(17)33-27(32-23)25-22(6-7-30-28(25)36)31-15-24(35)19-4-3-5-20(29)13-19/h3-7,12-14,18,24,35H,8-11,15-16H2,1-2H3,(H,32,33)(H2,30,31,36). The van der Waals surface area contributed by atoms with E-state index in [1.54, 1.807) is 36.5 Å². The van der Waals surface area contributed by atoms with Gasteiger partial charge in [0, 0.05) is 43.0 Å². The van der Waals surface area contributed by atoms with Crippen LogP contribution >= 0.6 is 11.6 Å². The zero-order valence-corrected chi connectivity index (χ0v) is 22.2. The van der Waals surface area contributed by atoms with Crippen LogP contribution in [0.5, 0.6) is 5.75 Å². The Kier molecular flexibility index (Phi) is 7.99. The number of rotatable bonds is 9. The van der Waals surface area contributed by atoms with Crippen molar-refractivity contribution in [2.45, 2.75) is 26.0 Å². The fourth-order valence-electron chi connectivity index (χ4n) is 4.70. The summed E-state index contributed by atoms with van der Waals surface area (Å²) < 4.78 is 11.6. The molecule has 9 nitrogen and oxygen atoms in total. The summed E-state index contributed by atoms with van der Waals surface area (Å²) in [6.07, 6.45) is 0.758. The topological polar surface area (TPSA) is 115 Å². The normalized spacial score (nSPS) is 15.9. The Labute approximate surface area is 225 Å². The average molecular weight is 538 g/mol. The zero-order chi connectivity index (χ0) is 26.6. The van der Waals surface area contributed by atoms with Crippen molar-refractivity contribution >= 4 is 28.3 Å². The van der Waals surface area contributed by atoms with E-state index in [9.17, 15) is 9.90 Å². The van der Waals surface area contributed by atoms with Crippen LogP contribution < -0.4 is 15.6 Å². The second kappa shape index (κ2) is 11.6. The number of ether oxygens (including phenoxy) is 2. The number of halogens is 1. The van der Waals surface area contributed by atoms with Gasteiger partial charge < -0.3 is 29.9 Å². The average Bonchev–Trinajstić information content (AvgIpc) is 3.35. The summed E-state index contributed by atoms with van der Waals surface area (Å²) in [5.74, 6) is 1.18. The maximum atomic E-state index is 12.9. The van der Waals surface area contributed by atoms with Crippen LogP contribution in [0.15, 0.2) is 53.5 Å². The molecule has 2 unspecified atom stereocenters. The number of H-pyrrole nitrogens is 2. The number of hydrogen-bond acceptors (Lipinski definition) is 7. The Hall–Kier alpha value is -3.37. The van der Waals surface area contributed by atoms with E-state index in [0.717, 1.165) is 48.6 Å². The van der Waals surface area contributed by atoms with Gasteiger partial charge >= 0.3 is 0 Å². The summed E-state index contributed by atoms with van der Waals surface area (Å²) in [5, 5.41) is 14.4. The van der Waals surface area contributed by atoms with Crippen LogP contribution in [0.25, 0.3) is 22.4 Å². The van der Waals surface area contributed by atoms with Crippen LogP contribution in [0.1, 0.15) is 24.2 Å². The molecule has 1 saturated heterocycles. The highest BCUT2D eigenvalue weighted by molar-refractivity contribution is 6.30. The van der Waals surface area contributed by atoms with Crippen molar-refractivity contribution in [3.8, 4) is 17.1 Å². The molecule has 4 N–H and O–H groups in total. The highest BCUT2D eigenvalue weighted by Crippen LogP contribution is 2.29. The van der Waals surface area contributed by atoms with Gasteiger partial charge in [-0.15, -0.1) is 0 Å². The van der Waals surface area contributed by atoms with Gasteiger partial charge in [-0.1, -0.05) is 23.7 Å².